The smallest absolute Gasteiger partial charge is 0.243 e. The van der Waals surface area contributed by atoms with Crippen molar-refractivity contribution >= 4 is 40.0 Å². The summed E-state index contributed by atoms with van der Waals surface area (Å²) in [5, 5.41) is 38.7. The lowest BCUT2D eigenvalue weighted by atomic mass is 9.75. The van der Waals surface area contributed by atoms with E-state index in [2.05, 4.69) is 35.5 Å². The van der Waals surface area contributed by atoms with Crippen molar-refractivity contribution in [3.63, 3.8) is 0 Å². The highest BCUT2D eigenvalue weighted by molar-refractivity contribution is 7.13. The zero-order valence-corrected chi connectivity index (χ0v) is 36.0. The molecule has 2 amide bonds. The van der Waals surface area contributed by atoms with Crippen LogP contribution >= 0.6 is 11.3 Å². The van der Waals surface area contributed by atoms with Crippen molar-refractivity contribution in [2.75, 3.05) is 38.1 Å². The number of anilines is 1. The van der Waals surface area contributed by atoms with E-state index in [0.717, 1.165) is 64.5 Å². The molecule has 4 aromatic heterocycles. The molecule has 14 nitrogen and oxygen atoms in total. The van der Waals surface area contributed by atoms with Crippen molar-refractivity contribution in [3.05, 3.63) is 94.4 Å². The topological polar surface area (TPSA) is 177 Å². The first-order valence-corrected chi connectivity index (χ1v) is 21.4. The minimum Gasteiger partial charge on any atom is -0.507 e. The van der Waals surface area contributed by atoms with E-state index in [1.54, 1.807) is 23.5 Å². The van der Waals surface area contributed by atoms with Crippen molar-refractivity contribution in [3.8, 4) is 27.4 Å². The number of phenols is 1. The maximum Gasteiger partial charge on any atom is 0.243 e. The van der Waals surface area contributed by atoms with E-state index in [4.69, 9.17) is 4.52 Å². The number of nitrogens with zero attached hydrogens (tertiary/aromatic N) is 7. The molecule has 314 valence electrons. The molecule has 1 fully saturated rings. The molecule has 4 N–H and O–H groups in total. The molecule has 6 aromatic rings. The zero-order valence-electron chi connectivity index (χ0n) is 35.2. The number of para-hydroxylation sites is 1. The summed E-state index contributed by atoms with van der Waals surface area (Å²) in [7, 11) is 1.96. The van der Waals surface area contributed by atoms with E-state index in [9.17, 15) is 19.8 Å². The maximum atomic E-state index is 14.7. The Hall–Kier alpha value is -5.64. The second kappa shape index (κ2) is 16.1. The van der Waals surface area contributed by atoms with Gasteiger partial charge in [0, 0.05) is 75.3 Å². The quantitative estimate of drug-likeness (QED) is 0.111. The van der Waals surface area contributed by atoms with Gasteiger partial charge in [0.2, 0.25) is 11.8 Å². The molecular weight excluding hydrogens is 779 g/mol. The van der Waals surface area contributed by atoms with Gasteiger partial charge in [0.15, 0.2) is 17.2 Å². The molecule has 0 radical (unpaired) electrons. The average molecular weight is 832 g/mol. The molecule has 0 saturated carbocycles. The molecule has 2 aliphatic heterocycles. The summed E-state index contributed by atoms with van der Waals surface area (Å²) in [6.45, 7) is 14.7. The predicted octanol–water partition coefficient (Wildman–Crippen LogP) is 6.17. The van der Waals surface area contributed by atoms with Gasteiger partial charge in [-0.2, -0.15) is 0 Å². The number of likely N-dealkylation sites (tertiary alicyclic amines) is 1. The minimum absolute atomic E-state index is 0.0417. The third-order valence-electron chi connectivity index (χ3n) is 12.6. The number of hydrogen-bond donors (Lipinski definition) is 4. The number of aliphatic hydroxyl groups is 1. The maximum absolute atomic E-state index is 14.7. The number of aliphatic hydroxyl groups excluding tert-OH is 1. The number of aryl methyl sites for hydroxylation is 1. The van der Waals surface area contributed by atoms with Gasteiger partial charge in [-0.1, -0.05) is 55.4 Å². The molecule has 0 bridgehead atoms. The van der Waals surface area contributed by atoms with Crippen LogP contribution in [0, 0.1) is 12.8 Å². The molecule has 8 rings (SSSR count). The van der Waals surface area contributed by atoms with Crippen LogP contribution in [-0.2, 0) is 33.5 Å². The Labute approximate surface area is 353 Å². The van der Waals surface area contributed by atoms with Gasteiger partial charge in [0.25, 0.3) is 0 Å². The second-order valence-corrected chi connectivity index (χ2v) is 18.1. The van der Waals surface area contributed by atoms with Gasteiger partial charge >= 0.3 is 0 Å². The first-order chi connectivity index (χ1) is 28.6. The Morgan fingerprint density at radius 1 is 1.10 bits per heavy atom. The van der Waals surface area contributed by atoms with Crippen molar-refractivity contribution in [2.45, 2.75) is 84.0 Å². The summed E-state index contributed by atoms with van der Waals surface area (Å²) >= 11 is 1.59. The van der Waals surface area contributed by atoms with Crippen LogP contribution in [0.2, 0.25) is 0 Å². The number of thiazole rings is 1. The lowest BCUT2D eigenvalue weighted by Crippen LogP contribution is -2.55. The van der Waals surface area contributed by atoms with E-state index < -0.39 is 23.1 Å². The van der Waals surface area contributed by atoms with Crippen molar-refractivity contribution in [1.29, 1.82) is 0 Å². The van der Waals surface area contributed by atoms with Gasteiger partial charge in [0.1, 0.15) is 17.2 Å². The number of rotatable bonds is 12. The Morgan fingerprint density at radius 3 is 2.58 bits per heavy atom. The number of amides is 2. The number of H-pyrrole nitrogens is 1. The number of fused-ring (bicyclic) bond motifs is 3. The van der Waals surface area contributed by atoms with Gasteiger partial charge in [0.05, 0.1) is 33.4 Å². The van der Waals surface area contributed by atoms with Crippen LogP contribution in [0.1, 0.15) is 69.3 Å². The number of hydrogen-bond acceptors (Lipinski definition) is 12. The highest BCUT2D eigenvalue weighted by Crippen LogP contribution is 2.39. The lowest BCUT2D eigenvalue weighted by molar-refractivity contribution is -0.145. The van der Waals surface area contributed by atoms with Gasteiger partial charge in [-0.3, -0.25) is 14.5 Å². The number of aromatic amines is 1. The van der Waals surface area contributed by atoms with Crippen LogP contribution in [0.4, 0.5) is 5.82 Å². The van der Waals surface area contributed by atoms with Gasteiger partial charge < -0.3 is 34.8 Å². The zero-order chi connectivity index (χ0) is 42.5. The Kier molecular flexibility index (Phi) is 11.0. The van der Waals surface area contributed by atoms with E-state index in [1.165, 1.54) is 10.5 Å². The van der Waals surface area contributed by atoms with Crippen molar-refractivity contribution in [1.82, 2.24) is 40.4 Å². The van der Waals surface area contributed by atoms with E-state index in [-0.39, 0.29) is 36.4 Å². The SMILES string of the molecule is Cc1ncsc1-c1ccc(C(C)(C)NC(=O)[C@@H]2C[C@@H](O)CN2C(=O)[C@](C)(c2cc(N(C)CCN3CCc4[nH]c5nnc(-c6ccccc6O)cc5c4C3)no2)C(C)C)cc1. The number of likely N-dealkylation sites (N-methyl/N-ethyl adjacent to an activating group) is 1. The number of carbonyl (C=O) groups excluding carboxylic acids is 2. The molecule has 60 heavy (non-hydrogen) atoms. The van der Waals surface area contributed by atoms with E-state index >= 15 is 0 Å². The van der Waals surface area contributed by atoms with Crippen LogP contribution < -0.4 is 10.2 Å². The third kappa shape index (κ3) is 7.65. The van der Waals surface area contributed by atoms with Gasteiger partial charge in [-0.25, -0.2) is 4.98 Å². The summed E-state index contributed by atoms with van der Waals surface area (Å²) < 4.78 is 5.98. The second-order valence-electron chi connectivity index (χ2n) is 17.3. The van der Waals surface area contributed by atoms with Gasteiger partial charge in [-0.05, 0) is 68.5 Å². The standard InChI is InChI=1S/C45H53N9O5S/c1-26(2)45(6,43(58)54-23-30(55)20-36(54)42(57)48-44(4,5)29-14-12-28(13-15-29)40-27(3)46-25-60-40)38-22-39(51-59-38)52(7)18-19-53-17-16-34-33(24-53)32-21-35(49-50-41(32)47-34)31-10-8-9-11-37(31)56/h8-15,21-22,25-26,30,36,55-56H,16-20,23-24H2,1-7H3,(H,47,50)(H,48,57)/t30-,36+,45+/m1/s1. The molecule has 15 heteroatoms. The number of phenolic OH excluding ortho intramolecular Hbond substituents is 1. The largest absolute Gasteiger partial charge is 0.507 e. The Bertz CT molecular complexity index is 2530. The molecule has 2 aliphatic rings. The number of β-amino-alcohol motifs (C(OH)–C–C–N with tert-alkyl or cyclic N) is 1. The molecule has 0 aliphatic carbocycles. The number of nitrogens with one attached hydrogen (secondary N) is 2. The fraction of sp³-hybridized carbons (Fsp3) is 0.422. The summed E-state index contributed by atoms with van der Waals surface area (Å²) in [4.78, 5) is 43.6. The van der Waals surface area contributed by atoms with Crippen LogP contribution in [-0.4, -0.2) is 103 Å². The Balaban J connectivity index is 0.932. The van der Waals surface area contributed by atoms with Crippen LogP contribution in [0.25, 0.3) is 32.7 Å². The number of carbonyl (C=O) groups is 2. The first kappa shape index (κ1) is 41.1. The molecule has 1 saturated heterocycles. The summed E-state index contributed by atoms with van der Waals surface area (Å²) in [5.74, 6) is 0.342. The highest BCUT2D eigenvalue weighted by Gasteiger charge is 2.50. The number of aromatic nitrogens is 5. The predicted molar refractivity (Wildman–Crippen MR) is 232 cm³/mol. The highest BCUT2D eigenvalue weighted by atomic mass is 32.1. The number of aromatic hydroxyl groups is 1. The number of benzene rings is 2. The monoisotopic (exact) mass is 831 g/mol. The fourth-order valence-corrected chi connectivity index (χ4v) is 9.29. The van der Waals surface area contributed by atoms with Gasteiger partial charge in [-0.15, -0.1) is 21.5 Å². The summed E-state index contributed by atoms with van der Waals surface area (Å²) in [5.41, 5.74) is 7.22. The minimum atomic E-state index is -1.16. The molecule has 3 atom stereocenters. The summed E-state index contributed by atoms with van der Waals surface area (Å²) in [6, 6.07) is 18.2. The fourth-order valence-electron chi connectivity index (χ4n) is 8.47. The molecule has 2 aromatic carbocycles. The van der Waals surface area contributed by atoms with E-state index in [1.807, 2.05) is 108 Å². The van der Waals surface area contributed by atoms with Crippen molar-refractivity contribution in [2.24, 2.45) is 5.92 Å². The normalized spacial score (nSPS) is 18.2. The molecule has 0 unspecified atom stereocenters. The lowest BCUT2D eigenvalue weighted by Gasteiger charge is -2.37. The van der Waals surface area contributed by atoms with E-state index in [0.29, 0.717) is 29.4 Å². The average Bonchev–Trinajstić information content (AvgIpc) is 4.05. The van der Waals surface area contributed by atoms with Crippen molar-refractivity contribution < 1.29 is 24.3 Å². The first-order valence-electron chi connectivity index (χ1n) is 20.5. The summed E-state index contributed by atoms with van der Waals surface area (Å²) in [6.07, 6.45) is 0.134. The molecular formula is C45H53N9O5S. The molecule has 0 spiro atoms. The van der Waals surface area contributed by atoms with Crippen LogP contribution in [0.3, 0.4) is 0 Å². The van der Waals surface area contributed by atoms with Crippen LogP contribution in [0.5, 0.6) is 5.75 Å². The Morgan fingerprint density at radius 2 is 1.87 bits per heavy atom. The van der Waals surface area contributed by atoms with Crippen LogP contribution in [0.15, 0.2) is 70.7 Å². The third-order valence-corrected chi connectivity index (χ3v) is 13.6. The molecule has 6 heterocycles.